The van der Waals surface area contributed by atoms with E-state index in [9.17, 15) is 0 Å². The summed E-state index contributed by atoms with van der Waals surface area (Å²) in [6.07, 6.45) is 4.71. The topological polar surface area (TPSA) is 21.8 Å². The summed E-state index contributed by atoms with van der Waals surface area (Å²) in [5, 5.41) is 0.728. The summed E-state index contributed by atoms with van der Waals surface area (Å²) < 4.78 is 11.2. The highest BCUT2D eigenvalue weighted by Crippen LogP contribution is 2.38. The first-order valence-corrected chi connectivity index (χ1v) is 7.07. The van der Waals surface area contributed by atoms with Crippen LogP contribution < -0.4 is 4.74 Å². The summed E-state index contributed by atoms with van der Waals surface area (Å²) in [5.41, 5.74) is 1.44. The van der Waals surface area contributed by atoms with Crippen LogP contribution in [0.25, 0.3) is 0 Å². The van der Waals surface area contributed by atoms with Gasteiger partial charge in [-0.1, -0.05) is 17.2 Å². The van der Waals surface area contributed by atoms with Gasteiger partial charge >= 0.3 is 0 Å². The Morgan fingerprint density at radius 3 is 2.58 bits per heavy atom. The maximum Gasteiger partial charge on any atom is 0.119 e. The third kappa shape index (κ3) is 4.55. The minimum atomic E-state index is 0.0973. The molecule has 1 aliphatic heterocycles. The molecule has 1 fully saturated rings. The zero-order valence-corrected chi connectivity index (χ0v) is 12.5. The lowest BCUT2D eigenvalue weighted by Gasteiger charge is -2.04. The zero-order valence-electron chi connectivity index (χ0n) is 11.8. The van der Waals surface area contributed by atoms with E-state index in [1.807, 2.05) is 24.3 Å². The Kier molecular flexibility index (Phi) is 4.54. The van der Waals surface area contributed by atoms with Crippen LogP contribution in [0.2, 0.25) is 5.02 Å². The number of allylic oxidation sites excluding steroid dienone is 1. The van der Waals surface area contributed by atoms with Crippen molar-refractivity contribution in [2.45, 2.75) is 45.3 Å². The number of hydrogen-bond acceptors (Lipinski definition) is 2. The Morgan fingerprint density at radius 1 is 1.37 bits per heavy atom. The molecule has 19 heavy (non-hydrogen) atoms. The third-order valence-corrected chi connectivity index (χ3v) is 3.71. The molecule has 1 aromatic carbocycles. The van der Waals surface area contributed by atoms with Gasteiger partial charge in [-0.2, -0.15) is 0 Å². The summed E-state index contributed by atoms with van der Waals surface area (Å²) in [7, 11) is 0. The maximum absolute atomic E-state index is 5.82. The van der Waals surface area contributed by atoms with Crippen LogP contribution in [-0.4, -0.2) is 18.3 Å². The van der Waals surface area contributed by atoms with Gasteiger partial charge in [0.1, 0.15) is 12.4 Å². The van der Waals surface area contributed by atoms with Crippen molar-refractivity contribution in [3.8, 4) is 5.75 Å². The smallest absolute Gasteiger partial charge is 0.119 e. The Morgan fingerprint density at radius 2 is 2.00 bits per heavy atom. The second-order valence-corrected chi connectivity index (χ2v) is 6.00. The summed E-state index contributed by atoms with van der Waals surface area (Å²) in [6, 6.07) is 7.43. The van der Waals surface area contributed by atoms with Crippen molar-refractivity contribution in [2.75, 3.05) is 6.61 Å². The lowest BCUT2D eigenvalue weighted by molar-refractivity contribution is 0.320. The van der Waals surface area contributed by atoms with Crippen LogP contribution in [0.1, 0.15) is 33.6 Å². The molecule has 3 heteroatoms. The van der Waals surface area contributed by atoms with Crippen LogP contribution >= 0.6 is 11.6 Å². The predicted molar refractivity (Wildman–Crippen MR) is 78.9 cm³/mol. The monoisotopic (exact) mass is 280 g/mol. The number of ether oxygens (including phenoxy) is 2. The molecule has 0 radical (unpaired) electrons. The van der Waals surface area contributed by atoms with E-state index in [2.05, 4.69) is 26.8 Å². The SMILES string of the molecule is CC(=CCOc1ccc(Cl)cc1)CCC1OC1(C)C. The number of epoxide rings is 1. The van der Waals surface area contributed by atoms with Gasteiger partial charge < -0.3 is 9.47 Å². The number of hydrogen-bond donors (Lipinski definition) is 0. The molecule has 1 heterocycles. The summed E-state index contributed by atoms with van der Waals surface area (Å²) >= 11 is 5.82. The molecule has 1 atom stereocenters. The zero-order chi connectivity index (χ0) is 13.9. The highest BCUT2D eigenvalue weighted by atomic mass is 35.5. The lowest BCUT2D eigenvalue weighted by atomic mass is 10.0. The summed E-state index contributed by atoms with van der Waals surface area (Å²) in [6.45, 7) is 7.02. The van der Waals surface area contributed by atoms with Gasteiger partial charge in [0.15, 0.2) is 0 Å². The molecule has 0 aliphatic carbocycles. The Labute approximate surface area is 120 Å². The Balaban J connectivity index is 1.68. The van der Waals surface area contributed by atoms with Crippen molar-refractivity contribution in [3.63, 3.8) is 0 Å². The third-order valence-electron chi connectivity index (χ3n) is 3.46. The second-order valence-electron chi connectivity index (χ2n) is 5.56. The maximum atomic E-state index is 5.82. The van der Waals surface area contributed by atoms with Crippen molar-refractivity contribution < 1.29 is 9.47 Å². The highest BCUT2D eigenvalue weighted by Gasteiger charge is 2.46. The molecule has 0 saturated carbocycles. The number of halogens is 1. The van der Waals surface area contributed by atoms with E-state index in [4.69, 9.17) is 21.1 Å². The van der Waals surface area contributed by atoms with Crippen LogP contribution in [0.4, 0.5) is 0 Å². The number of rotatable bonds is 6. The minimum absolute atomic E-state index is 0.0973. The molecule has 0 amide bonds. The standard InChI is InChI=1S/C16H21ClO2/c1-12(4-9-15-16(2,3)19-15)10-11-18-14-7-5-13(17)6-8-14/h5-8,10,15H,4,9,11H2,1-3H3. The largest absolute Gasteiger partial charge is 0.490 e. The molecular formula is C16H21ClO2. The van der Waals surface area contributed by atoms with Gasteiger partial charge in [-0.05, 0) is 64.0 Å². The molecule has 1 aliphatic rings. The van der Waals surface area contributed by atoms with E-state index in [-0.39, 0.29) is 5.60 Å². The Hall–Kier alpha value is -0.990. The van der Waals surface area contributed by atoms with Gasteiger partial charge in [-0.25, -0.2) is 0 Å². The van der Waals surface area contributed by atoms with Crippen LogP contribution in [0, 0.1) is 0 Å². The minimum Gasteiger partial charge on any atom is -0.490 e. The molecular weight excluding hydrogens is 260 g/mol. The van der Waals surface area contributed by atoms with E-state index in [0.29, 0.717) is 12.7 Å². The van der Waals surface area contributed by atoms with Gasteiger partial charge in [-0.15, -0.1) is 0 Å². The van der Waals surface area contributed by atoms with E-state index < -0.39 is 0 Å². The number of benzene rings is 1. The van der Waals surface area contributed by atoms with Gasteiger partial charge in [0, 0.05) is 5.02 Å². The molecule has 0 bridgehead atoms. The van der Waals surface area contributed by atoms with Gasteiger partial charge in [0.2, 0.25) is 0 Å². The fraction of sp³-hybridized carbons (Fsp3) is 0.500. The van der Waals surface area contributed by atoms with Gasteiger partial charge in [0.25, 0.3) is 0 Å². The molecule has 104 valence electrons. The quantitative estimate of drug-likeness (QED) is 0.560. The molecule has 2 rings (SSSR count). The van der Waals surface area contributed by atoms with Crippen molar-refractivity contribution in [1.82, 2.24) is 0 Å². The molecule has 0 spiro atoms. The molecule has 2 nitrogen and oxygen atoms in total. The fourth-order valence-corrected chi connectivity index (χ4v) is 2.14. The molecule has 1 aromatic rings. The van der Waals surface area contributed by atoms with Crippen LogP contribution in [0.5, 0.6) is 5.75 Å². The van der Waals surface area contributed by atoms with Crippen LogP contribution in [0.3, 0.4) is 0 Å². The highest BCUT2D eigenvalue weighted by molar-refractivity contribution is 6.30. The van der Waals surface area contributed by atoms with Crippen molar-refractivity contribution in [3.05, 3.63) is 40.9 Å². The van der Waals surface area contributed by atoms with E-state index in [0.717, 1.165) is 23.6 Å². The van der Waals surface area contributed by atoms with Crippen LogP contribution in [-0.2, 0) is 4.74 Å². The first-order chi connectivity index (χ1) is 8.97. The summed E-state index contributed by atoms with van der Waals surface area (Å²) in [5.74, 6) is 0.847. The van der Waals surface area contributed by atoms with Crippen molar-refractivity contribution in [1.29, 1.82) is 0 Å². The van der Waals surface area contributed by atoms with Crippen molar-refractivity contribution >= 4 is 11.6 Å². The van der Waals surface area contributed by atoms with E-state index in [1.165, 1.54) is 5.57 Å². The first kappa shape index (κ1) is 14.4. The molecule has 0 N–H and O–H groups in total. The normalized spacial score (nSPS) is 21.3. The van der Waals surface area contributed by atoms with E-state index in [1.54, 1.807) is 0 Å². The molecule has 1 saturated heterocycles. The van der Waals surface area contributed by atoms with Gasteiger partial charge in [-0.3, -0.25) is 0 Å². The second kappa shape index (κ2) is 5.98. The Bertz CT molecular complexity index is 448. The summed E-state index contributed by atoms with van der Waals surface area (Å²) in [4.78, 5) is 0. The predicted octanol–water partition coefficient (Wildman–Crippen LogP) is 4.62. The first-order valence-electron chi connectivity index (χ1n) is 6.69. The van der Waals surface area contributed by atoms with E-state index >= 15 is 0 Å². The molecule has 0 aromatic heterocycles. The lowest BCUT2D eigenvalue weighted by Crippen LogP contribution is -2.03. The fourth-order valence-electron chi connectivity index (χ4n) is 2.01. The van der Waals surface area contributed by atoms with Gasteiger partial charge in [0.05, 0.1) is 11.7 Å². The molecule has 1 unspecified atom stereocenters. The average molecular weight is 281 g/mol. The van der Waals surface area contributed by atoms with Crippen LogP contribution in [0.15, 0.2) is 35.9 Å². The van der Waals surface area contributed by atoms with Crippen molar-refractivity contribution in [2.24, 2.45) is 0 Å². The average Bonchev–Trinajstić information content (AvgIpc) is 2.97.